The second-order valence-electron chi connectivity index (χ2n) is 6.85. The van der Waals surface area contributed by atoms with E-state index in [0.29, 0.717) is 10.0 Å². The number of nitrogens with zero attached hydrogens (tertiary/aromatic N) is 4. The number of hydrogen-bond donors (Lipinski definition) is 1. The number of benzene rings is 1. The van der Waals surface area contributed by atoms with Crippen molar-refractivity contribution >= 4 is 23.2 Å². The van der Waals surface area contributed by atoms with E-state index in [1.54, 1.807) is 16.8 Å². The minimum atomic E-state index is 0.123. The lowest BCUT2D eigenvalue weighted by atomic mass is 9.80. The predicted octanol–water partition coefficient (Wildman–Crippen LogP) is 3.13. The number of aromatic nitrogens is 3. The van der Waals surface area contributed by atoms with Crippen molar-refractivity contribution in [3.05, 3.63) is 40.1 Å². The van der Waals surface area contributed by atoms with Crippen LogP contribution in [0.3, 0.4) is 0 Å². The van der Waals surface area contributed by atoms with E-state index >= 15 is 0 Å². The summed E-state index contributed by atoms with van der Waals surface area (Å²) in [7, 11) is 0. The molecule has 124 valence electrons. The van der Waals surface area contributed by atoms with Gasteiger partial charge in [-0.2, -0.15) is 0 Å². The van der Waals surface area contributed by atoms with Crippen LogP contribution >= 0.6 is 23.2 Å². The number of piperidine rings is 1. The van der Waals surface area contributed by atoms with Gasteiger partial charge in [0, 0.05) is 25.7 Å². The van der Waals surface area contributed by atoms with E-state index in [9.17, 15) is 0 Å². The molecule has 2 aromatic rings. The van der Waals surface area contributed by atoms with E-state index in [1.807, 2.05) is 12.3 Å². The molecule has 2 heterocycles. The molecule has 1 aromatic carbocycles. The van der Waals surface area contributed by atoms with Crippen molar-refractivity contribution in [2.45, 2.75) is 32.9 Å². The Morgan fingerprint density at radius 1 is 1.30 bits per heavy atom. The lowest BCUT2D eigenvalue weighted by Crippen LogP contribution is -2.52. The predicted molar refractivity (Wildman–Crippen MR) is 93.0 cm³/mol. The average molecular weight is 354 g/mol. The van der Waals surface area contributed by atoms with Gasteiger partial charge in [-0.05, 0) is 30.0 Å². The van der Waals surface area contributed by atoms with Gasteiger partial charge in [0.15, 0.2) is 0 Å². The molecular formula is C16H21Cl2N5. The fourth-order valence-corrected chi connectivity index (χ4v) is 3.27. The van der Waals surface area contributed by atoms with Crippen LogP contribution in [0.4, 0.5) is 0 Å². The van der Waals surface area contributed by atoms with Gasteiger partial charge >= 0.3 is 0 Å². The third kappa shape index (κ3) is 3.69. The Bertz CT molecular complexity index is 698. The van der Waals surface area contributed by atoms with Crippen molar-refractivity contribution < 1.29 is 0 Å². The smallest absolute Gasteiger partial charge is 0.0971 e. The molecule has 7 heteroatoms. The Hall–Kier alpha value is -1.14. The molecule has 1 unspecified atom stereocenters. The molecule has 1 fully saturated rings. The van der Waals surface area contributed by atoms with Crippen molar-refractivity contribution in [1.82, 2.24) is 19.9 Å². The zero-order valence-corrected chi connectivity index (χ0v) is 14.8. The summed E-state index contributed by atoms with van der Waals surface area (Å²) in [5.41, 5.74) is 8.09. The molecule has 0 spiro atoms. The van der Waals surface area contributed by atoms with Gasteiger partial charge in [-0.3, -0.25) is 4.90 Å². The molecule has 0 aliphatic carbocycles. The van der Waals surface area contributed by atoms with Crippen LogP contribution in [0.15, 0.2) is 24.4 Å². The largest absolute Gasteiger partial charge is 0.327 e. The van der Waals surface area contributed by atoms with Crippen molar-refractivity contribution in [2.24, 2.45) is 11.1 Å². The standard InChI is InChI=1S/C16H21Cl2N5/c1-16(2)10-22(6-5-15(16)19)8-11-9-23(21-20-11)12-3-4-13(17)14(18)7-12/h3-4,7,9,15H,5-6,8,10,19H2,1-2H3. The molecule has 23 heavy (non-hydrogen) atoms. The Kier molecular flexibility index (Phi) is 4.65. The molecule has 0 saturated carbocycles. The molecule has 0 radical (unpaired) electrons. The third-order valence-electron chi connectivity index (χ3n) is 4.49. The Morgan fingerprint density at radius 3 is 2.78 bits per heavy atom. The van der Waals surface area contributed by atoms with Gasteiger partial charge in [0.05, 0.1) is 27.6 Å². The summed E-state index contributed by atoms with van der Waals surface area (Å²) in [6.45, 7) is 7.17. The van der Waals surface area contributed by atoms with Crippen molar-refractivity contribution in [2.75, 3.05) is 13.1 Å². The van der Waals surface area contributed by atoms with Crippen LogP contribution in [-0.2, 0) is 6.54 Å². The number of halogens is 2. The van der Waals surface area contributed by atoms with Gasteiger partial charge in [-0.15, -0.1) is 5.10 Å². The van der Waals surface area contributed by atoms with Gasteiger partial charge < -0.3 is 5.73 Å². The normalized spacial score (nSPS) is 21.5. The number of hydrogen-bond acceptors (Lipinski definition) is 4. The van der Waals surface area contributed by atoms with Crippen LogP contribution in [0, 0.1) is 5.41 Å². The molecule has 5 nitrogen and oxygen atoms in total. The molecule has 2 N–H and O–H groups in total. The van der Waals surface area contributed by atoms with Crippen LogP contribution in [0.5, 0.6) is 0 Å². The van der Waals surface area contributed by atoms with Crippen LogP contribution < -0.4 is 5.73 Å². The molecule has 1 atom stereocenters. The van der Waals surface area contributed by atoms with E-state index in [0.717, 1.165) is 37.4 Å². The number of likely N-dealkylation sites (tertiary alicyclic amines) is 1. The quantitative estimate of drug-likeness (QED) is 0.920. The highest BCUT2D eigenvalue weighted by Gasteiger charge is 2.33. The molecule has 1 aromatic heterocycles. The van der Waals surface area contributed by atoms with Gasteiger partial charge in [0.25, 0.3) is 0 Å². The van der Waals surface area contributed by atoms with Crippen LogP contribution in [-0.4, -0.2) is 39.0 Å². The highest BCUT2D eigenvalue weighted by atomic mass is 35.5. The van der Waals surface area contributed by atoms with Gasteiger partial charge in [-0.25, -0.2) is 4.68 Å². The molecule has 0 amide bonds. The molecule has 3 rings (SSSR count). The first-order valence-corrected chi connectivity index (χ1v) is 8.45. The summed E-state index contributed by atoms with van der Waals surface area (Å²) < 4.78 is 1.72. The molecule has 1 aliphatic rings. The van der Waals surface area contributed by atoms with Crippen molar-refractivity contribution in [1.29, 1.82) is 0 Å². The maximum Gasteiger partial charge on any atom is 0.0971 e. The van der Waals surface area contributed by atoms with E-state index in [2.05, 4.69) is 29.1 Å². The maximum absolute atomic E-state index is 6.19. The lowest BCUT2D eigenvalue weighted by Gasteiger charge is -2.42. The first kappa shape index (κ1) is 16.7. The first-order chi connectivity index (χ1) is 10.8. The van der Waals surface area contributed by atoms with Crippen molar-refractivity contribution in [3.8, 4) is 5.69 Å². The lowest BCUT2D eigenvalue weighted by molar-refractivity contribution is 0.0889. The Labute approximate surface area is 146 Å². The van der Waals surface area contributed by atoms with Gasteiger partial charge in [0.2, 0.25) is 0 Å². The minimum absolute atomic E-state index is 0.123. The first-order valence-electron chi connectivity index (χ1n) is 7.70. The topological polar surface area (TPSA) is 60.0 Å². The number of rotatable bonds is 3. The summed E-state index contributed by atoms with van der Waals surface area (Å²) in [6.07, 6.45) is 2.94. The molecule has 1 aliphatic heterocycles. The average Bonchev–Trinajstić information content (AvgIpc) is 2.94. The van der Waals surface area contributed by atoms with Crippen molar-refractivity contribution in [3.63, 3.8) is 0 Å². The summed E-state index contributed by atoms with van der Waals surface area (Å²) in [5, 5.41) is 9.49. The summed E-state index contributed by atoms with van der Waals surface area (Å²) >= 11 is 12.0. The zero-order valence-electron chi connectivity index (χ0n) is 13.3. The van der Waals surface area contributed by atoms with Crippen LogP contribution in [0.25, 0.3) is 5.69 Å². The zero-order chi connectivity index (χ0) is 16.6. The summed E-state index contributed by atoms with van der Waals surface area (Å²) in [5.74, 6) is 0. The second-order valence-corrected chi connectivity index (χ2v) is 7.66. The van der Waals surface area contributed by atoms with E-state index in [1.165, 1.54) is 0 Å². The van der Waals surface area contributed by atoms with E-state index in [4.69, 9.17) is 28.9 Å². The van der Waals surface area contributed by atoms with Crippen LogP contribution in [0.1, 0.15) is 26.0 Å². The monoisotopic (exact) mass is 353 g/mol. The van der Waals surface area contributed by atoms with Crippen LogP contribution in [0.2, 0.25) is 10.0 Å². The highest BCUT2D eigenvalue weighted by molar-refractivity contribution is 6.42. The summed E-state index contributed by atoms with van der Waals surface area (Å²) in [6, 6.07) is 5.67. The molecular weight excluding hydrogens is 333 g/mol. The van der Waals surface area contributed by atoms with Gasteiger partial charge in [0.1, 0.15) is 0 Å². The molecule has 0 bridgehead atoms. The minimum Gasteiger partial charge on any atom is -0.327 e. The summed E-state index contributed by atoms with van der Waals surface area (Å²) in [4.78, 5) is 2.38. The SMILES string of the molecule is CC1(C)CN(Cc2cn(-c3ccc(Cl)c(Cl)c3)nn2)CCC1N. The maximum atomic E-state index is 6.19. The molecule has 1 saturated heterocycles. The number of nitrogens with two attached hydrogens (primary N) is 1. The second kappa shape index (κ2) is 6.40. The van der Waals surface area contributed by atoms with E-state index in [-0.39, 0.29) is 11.5 Å². The fourth-order valence-electron chi connectivity index (χ4n) is 2.97. The van der Waals surface area contributed by atoms with Gasteiger partial charge in [-0.1, -0.05) is 42.3 Å². The fraction of sp³-hybridized carbons (Fsp3) is 0.500. The van der Waals surface area contributed by atoms with E-state index < -0.39 is 0 Å². The third-order valence-corrected chi connectivity index (χ3v) is 5.22. The Balaban J connectivity index is 1.71. The highest BCUT2D eigenvalue weighted by Crippen LogP contribution is 2.28. The Morgan fingerprint density at radius 2 is 2.09 bits per heavy atom.